The zero-order chi connectivity index (χ0) is 24.5. The van der Waals surface area contributed by atoms with E-state index < -0.39 is 0 Å². The van der Waals surface area contributed by atoms with Gasteiger partial charge >= 0.3 is 0 Å². The van der Waals surface area contributed by atoms with Gasteiger partial charge in [-0.3, -0.25) is 4.98 Å². The molecule has 0 saturated carbocycles. The molecule has 0 spiro atoms. The number of anilines is 4. The average molecular weight is 469 g/mol. The fraction of sp³-hybridized carbons (Fsp3) is 0.0938. The van der Waals surface area contributed by atoms with E-state index in [0.29, 0.717) is 6.54 Å². The number of hydrogen-bond acceptors (Lipinski definition) is 4. The van der Waals surface area contributed by atoms with E-state index in [1.54, 1.807) is 0 Å². The summed E-state index contributed by atoms with van der Waals surface area (Å²) in [7, 11) is 4.11. The summed E-state index contributed by atoms with van der Waals surface area (Å²) >= 11 is 0. The Morgan fingerprint density at radius 3 is 2.11 bits per heavy atom. The summed E-state index contributed by atoms with van der Waals surface area (Å²) in [5, 5.41) is 13.2. The molecule has 0 saturated heterocycles. The molecule has 36 heavy (non-hydrogen) atoms. The molecule has 5 aromatic carbocycles. The Morgan fingerprint density at radius 1 is 0.639 bits per heavy atom. The van der Waals surface area contributed by atoms with Crippen LogP contribution in [0.15, 0.2) is 109 Å². The Kier molecular flexibility index (Phi) is 5.62. The maximum Gasteiger partial charge on any atom is 0.0805 e. The molecule has 0 aliphatic carbocycles. The van der Waals surface area contributed by atoms with Crippen LogP contribution in [0, 0.1) is 0 Å². The van der Waals surface area contributed by atoms with Gasteiger partial charge in [0.15, 0.2) is 0 Å². The topological polar surface area (TPSA) is 40.2 Å². The summed E-state index contributed by atoms with van der Waals surface area (Å²) in [5.41, 5.74) is 6.39. The van der Waals surface area contributed by atoms with E-state index in [-0.39, 0.29) is 0 Å². The summed E-state index contributed by atoms with van der Waals surface area (Å²) in [6.07, 6.45) is 0. The van der Waals surface area contributed by atoms with Gasteiger partial charge in [0.1, 0.15) is 0 Å². The third kappa shape index (κ3) is 4.18. The van der Waals surface area contributed by atoms with Crippen LogP contribution in [0.1, 0.15) is 5.69 Å². The first-order valence-corrected chi connectivity index (χ1v) is 12.2. The van der Waals surface area contributed by atoms with E-state index in [4.69, 9.17) is 4.98 Å². The number of hydrogen-bond donors (Lipinski definition) is 2. The van der Waals surface area contributed by atoms with Crippen LogP contribution in [0.2, 0.25) is 0 Å². The summed E-state index contributed by atoms with van der Waals surface area (Å²) in [6.45, 7) is 0.626. The Hall–Kier alpha value is -4.57. The first-order chi connectivity index (χ1) is 17.7. The van der Waals surface area contributed by atoms with E-state index in [2.05, 4.69) is 139 Å². The van der Waals surface area contributed by atoms with Crippen LogP contribution in [-0.4, -0.2) is 19.1 Å². The van der Waals surface area contributed by atoms with Crippen molar-refractivity contribution in [2.24, 2.45) is 0 Å². The van der Waals surface area contributed by atoms with Gasteiger partial charge in [0.25, 0.3) is 0 Å². The molecule has 1 aromatic heterocycles. The number of fused-ring (bicyclic) bond motifs is 4. The predicted octanol–water partition coefficient (Wildman–Crippen LogP) is 7.96. The zero-order valence-electron chi connectivity index (χ0n) is 20.5. The highest BCUT2D eigenvalue weighted by molar-refractivity contribution is 6.09. The molecule has 0 unspecified atom stereocenters. The SMILES string of the molecule is CN(C)c1ccc(Nc2cc(CNc3cccc4ccccc34)nc3c2ccc2ccccc23)cc1. The van der Waals surface area contributed by atoms with Crippen molar-refractivity contribution in [1.29, 1.82) is 0 Å². The maximum absolute atomic E-state index is 5.13. The van der Waals surface area contributed by atoms with Crippen molar-refractivity contribution < 1.29 is 0 Å². The van der Waals surface area contributed by atoms with Gasteiger partial charge in [-0.2, -0.15) is 0 Å². The minimum atomic E-state index is 0.626. The molecule has 0 aliphatic rings. The number of nitrogens with one attached hydrogen (secondary N) is 2. The number of nitrogens with zero attached hydrogens (tertiary/aromatic N) is 2. The molecule has 2 N–H and O–H groups in total. The van der Waals surface area contributed by atoms with E-state index in [0.717, 1.165) is 39.0 Å². The monoisotopic (exact) mass is 468 g/mol. The highest BCUT2D eigenvalue weighted by Gasteiger charge is 2.11. The quantitative estimate of drug-likeness (QED) is 0.243. The largest absolute Gasteiger partial charge is 0.379 e. The molecule has 4 heteroatoms. The van der Waals surface area contributed by atoms with Crippen molar-refractivity contribution in [3.05, 3.63) is 115 Å². The Bertz CT molecular complexity index is 1680. The van der Waals surface area contributed by atoms with Crippen LogP contribution in [0.25, 0.3) is 32.4 Å². The van der Waals surface area contributed by atoms with Crippen molar-refractivity contribution >= 4 is 55.2 Å². The Morgan fingerprint density at radius 2 is 1.33 bits per heavy atom. The van der Waals surface area contributed by atoms with Crippen LogP contribution < -0.4 is 15.5 Å². The first kappa shape index (κ1) is 21.9. The smallest absolute Gasteiger partial charge is 0.0805 e. The molecule has 0 atom stereocenters. The number of benzene rings is 5. The van der Waals surface area contributed by atoms with Crippen LogP contribution in [-0.2, 0) is 6.54 Å². The van der Waals surface area contributed by atoms with Crippen LogP contribution in [0.5, 0.6) is 0 Å². The van der Waals surface area contributed by atoms with E-state index >= 15 is 0 Å². The molecule has 0 fully saturated rings. The first-order valence-electron chi connectivity index (χ1n) is 12.2. The van der Waals surface area contributed by atoms with Crippen molar-refractivity contribution in [3.8, 4) is 0 Å². The number of rotatable bonds is 6. The summed E-state index contributed by atoms with van der Waals surface area (Å²) in [6, 6.07) is 38.3. The van der Waals surface area contributed by atoms with E-state index in [1.807, 2.05) is 0 Å². The number of aromatic nitrogens is 1. The molecule has 4 nitrogen and oxygen atoms in total. The summed E-state index contributed by atoms with van der Waals surface area (Å²) in [4.78, 5) is 7.23. The van der Waals surface area contributed by atoms with Crippen molar-refractivity contribution in [3.63, 3.8) is 0 Å². The standard InChI is InChI=1S/C32H28N4/c1-36(2)26-17-15-24(16-18-26)34-31-20-25(21-33-30-13-7-10-22-8-3-5-11-27(22)30)35-32-28-12-6-4-9-23(28)14-19-29(31)32/h3-20,33H,21H2,1-2H3,(H,34,35). The fourth-order valence-electron chi connectivity index (χ4n) is 4.77. The molecule has 0 amide bonds. The molecular formula is C32H28N4. The van der Waals surface area contributed by atoms with Crippen LogP contribution in [0.4, 0.5) is 22.7 Å². The molecule has 6 rings (SSSR count). The second-order valence-corrected chi connectivity index (χ2v) is 9.29. The van der Waals surface area contributed by atoms with Gasteiger partial charge in [0, 0.05) is 53.0 Å². The lowest BCUT2D eigenvalue weighted by Gasteiger charge is -2.16. The van der Waals surface area contributed by atoms with E-state index in [1.165, 1.54) is 21.8 Å². The van der Waals surface area contributed by atoms with E-state index in [9.17, 15) is 0 Å². The second-order valence-electron chi connectivity index (χ2n) is 9.29. The average Bonchev–Trinajstić information content (AvgIpc) is 2.92. The third-order valence-electron chi connectivity index (χ3n) is 6.67. The predicted molar refractivity (Wildman–Crippen MR) is 155 cm³/mol. The maximum atomic E-state index is 5.13. The van der Waals surface area contributed by atoms with Crippen molar-refractivity contribution in [2.45, 2.75) is 6.54 Å². The van der Waals surface area contributed by atoms with Crippen LogP contribution in [0.3, 0.4) is 0 Å². The minimum Gasteiger partial charge on any atom is -0.379 e. The van der Waals surface area contributed by atoms with Gasteiger partial charge in [-0.1, -0.05) is 72.8 Å². The summed E-state index contributed by atoms with van der Waals surface area (Å²) in [5.74, 6) is 0. The molecule has 176 valence electrons. The molecule has 6 aromatic rings. The Balaban J connectivity index is 1.41. The molecule has 0 bridgehead atoms. The van der Waals surface area contributed by atoms with Gasteiger partial charge in [0.05, 0.1) is 17.8 Å². The lowest BCUT2D eigenvalue weighted by molar-refractivity contribution is 1.07. The minimum absolute atomic E-state index is 0.626. The lowest BCUT2D eigenvalue weighted by atomic mass is 10.0. The Labute approximate surface area is 211 Å². The van der Waals surface area contributed by atoms with Gasteiger partial charge in [-0.25, -0.2) is 0 Å². The van der Waals surface area contributed by atoms with Crippen LogP contribution >= 0.6 is 0 Å². The number of pyridine rings is 1. The molecule has 0 radical (unpaired) electrons. The second kappa shape index (κ2) is 9.23. The van der Waals surface area contributed by atoms with Crippen molar-refractivity contribution in [2.75, 3.05) is 29.6 Å². The summed E-state index contributed by atoms with van der Waals surface area (Å²) < 4.78 is 0. The molecular weight excluding hydrogens is 440 g/mol. The van der Waals surface area contributed by atoms with Gasteiger partial charge in [-0.15, -0.1) is 0 Å². The third-order valence-corrected chi connectivity index (χ3v) is 6.67. The van der Waals surface area contributed by atoms with Gasteiger partial charge in [0.2, 0.25) is 0 Å². The molecule has 0 aliphatic heterocycles. The van der Waals surface area contributed by atoms with Gasteiger partial charge < -0.3 is 15.5 Å². The lowest BCUT2D eigenvalue weighted by Crippen LogP contribution is -2.08. The fourth-order valence-corrected chi connectivity index (χ4v) is 4.77. The highest BCUT2D eigenvalue weighted by Crippen LogP contribution is 2.32. The van der Waals surface area contributed by atoms with Crippen molar-refractivity contribution in [1.82, 2.24) is 4.98 Å². The molecule has 1 heterocycles. The zero-order valence-corrected chi connectivity index (χ0v) is 20.5. The van der Waals surface area contributed by atoms with Gasteiger partial charge in [-0.05, 0) is 47.2 Å². The highest BCUT2D eigenvalue weighted by atomic mass is 15.1. The normalized spacial score (nSPS) is 11.2.